The Balaban J connectivity index is 3.60. The van der Waals surface area contributed by atoms with Crippen LogP contribution in [0, 0.1) is 0 Å². The minimum absolute atomic E-state index is 0.0891. The first-order chi connectivity index (χ1) is 25.6. The van der Waals surface area contributed by atoms with Gasteiger partial charge in [-0.15, -0.1) is 0 Å². The van der Waals surface area contributed by atoms with E-state index in [9.17, 15) is 14.7 Å². The Kier molecular flexibility index (Phi) is 41.0. The van der Waals surface area contributed by atoms with E-state index in [1.54, 1.807) is 0 Å². The van der Waals surface area contributed by atoms with E-state index in [4.69, 9.17) is 9.47 Å². The Morgan fingerprint density at radius 2 is 0.788 bits per heavy atom. The van der Waals surface area contributed by atoms with Crippen molar-refractivity contribution in [1.82, 2.24) is 0 Å². The zero-order valence-corrected chi connectivity index (χ0v) is 34.1. The van der Waals surface area contributed by atoms with Gasteiger partial charge in [0.15, 0.2) is 6.10 Å². The van der Waals surface area contributed by atoms with Crippen LogP contribution in [0.1, 0.15) is 206 Å². The van der Waals surface area contributed by atoms with Crippen LogP contribution in [-0.4, -0.2) is 36.4 Å². The molecule has 0 unspecified atom stereocenters. The number of esters is 2. The SMILES string of the molecule is CCCCC/C=C\C/C=C\C/C=C\C/C=C\CCCC(=O)O[C@@H](CO)COC(=O)CCCCCCCCCCCCC/C=C\CCCCCCCC. The van der Waals surface area contributed by atoms with Crippen LogP contribution in [0.4, 0.5) is 0 Å². The summed E-state index contributed by atoms with van der Waals surface area (Å²) in [7, 11) is 0. The van der Waals surface area contributed by atoms with E-state index < -0.39 is 6.10 Å². The molecule has 0 fully saturated rings. The Labute approximate surface area is 321 Å². The minimum Gasteiger partial charge on any atom is -0.462 e. The molecule has 0 aliphatic carbocycles. The first-order valence-corrected chi connectivity index (χ1v) is 21.8. The maximum absolute atomic E-state index is 12.2. The zero-order chi connectivity index (χ0) is 37.8. The van der Waals surface area contributed by atoms with Crippen molar-refractivity contribution in [3.8, 4) is 0 Å². The van der Waals surface area contributed by atoms with E-state index in [2.05, 4.69) is 74.6 Å². The molecule has 0 spiro atoms. The molecule has 52 heavy (non-hydrogen) atoms. The molecule has 0 aromatic heterocycles. The maximum atomic E-state index is 12.2. The highest BCUT2D eigenvalue weighted by Gasteiger charge is 2.16. The van der Waals surface area contributed by atoms with Gasteiger partial charge in [-0.25, -0.2) is 0 Å². The second-order valence-corrected chi connectivity index (χ2v) is 14.4. The second-order valence-electron chi connectivity index (χ2n) is 14.4. The highest BCUT2D eigenvalue weighted by molar-refractivity contribution is 5.70. The summed E-state index contributed by atoms with van der Waals surface area (Å²) in [6.07, 6.45) is 55.8. The average Bonchev–Trinajstić information content (AvgIpc) is 3.15. The third-order valence-electron chi connectivity index (χ3n) is 9.28. The molecule has 0 bridgehead atoms. The predicted molar refractivity (Wildman–Crippen MR) is 223 cm³/mol. The summed E-state index contributed by atoms with van der Waals surface area (Å²) in [4.78, 5) is 24.3. The van der Waals surface area contributed by atoms with Crippen molar-refractivity contribution in [2.24, 2.45) is 0 Å². The van der Waals surface area contributed by atoms with Crippen molar-refractivity contribution in [3.63, 3.8) is 0 Å². The van der Waals surface area contributed by atoms with Crippen LogP contribution in [0.3, 0.4) is 0 Å². The standard InChI is InChI=1S/C47H82O5/c1-3-5-7-9-11-13-15-17-19-21-22-23-24-26-27-29-31-33-35-37-39-41-46(49)51-44-45(43-48)52-47(50)42-40-38-36-34-32-30-28-25-20-18-16-14-12-10-8-6-4-2/h12,14,17-20,28,30,34,36,45,48H,3-11,13,15-16,21-27,29,31-33,35,37-44H2,1-2H3/b14-12-,19-17-,20-18-,30-28-,36-34-/t45-/m0/s1. The highest BCUT2D eigenvalue weighted by Crippen LogP contribution is 2.14. The third-order valence-corrected chi connectivity index (χ3v) is 9.28. The quantitative estimate of drug-likeness (QED) is 0.0388. The lowest BCUT2D eigenvalue weighted by Crippen LogP contribution is -2.28. The number of allylic oxidation sites excluding steroid dienone is 10. The number of rotatable bonds is 39. The van der Waals surface area contributed by atoms with Gasteiger partial charge in [-0.2, -0.15) is 0 Å². The number of hydrogen-bond acceptors (Lipinski definition) is 5. The molecule has 0 radical (unpaired) electrons. The molecule has 0 aromatic rings. The number of aliphatic hydroxyl groups excluding tert-OH is 1. The van der Waals surface area contributed by atoms with E-state index in [-0.39, 0.29) is 31.6 Å². The number of carbonyl (C=O) groups is 2. The molecule has 5 nitrogen and oxygen atoms in total. The summed E-state index contributed by atoms with van der Waals surface area (Å²) in [6.45, 7) is 4.06. The van der Waals surface area contributed by atoms with Crippen LogP contribution in [0.25, 0.3) is 0 Å². The van der Waals surface area contributed by atoms with Crippen LogP contribution in [0.15, 0.2) is 60.8 Å². The van der Waals surface area contributed by atoms with Gasteiger partial charge < -0.3 is 14.6 Å². The van der Waals surface area contributed by atoms with Gasteiger partial charge in [0.1, 0.15) is 6.61 Å². The van der Waals surface area contributed by atoms with Gasteiger partial charge in [-0.05, 0) is 77.0 Å². The van der Waals surface area contributed by atoms with E-state index in [0.29, 0.717) is 12.8 Å². The summed E-state index contributed by atoms with van der Waals surface area (Å²) in [5, 5.41) is 9.57. The second kappa shape index (κ2) is 43.0. The fraction of sp³-hybridized carbons (Fsp3) is 0.745. The van der Waals surface area contributed by atoms with Gasteiger partial charge in [-0.3, -0.25) is 9.59 Å². The molecule has 5 heteroatoms. The Morgan fingerprint density at radius 1 is 0.442 bits per heavy atom. The molecule has 0 saturated heterocycles. The van der Waals surface area contributed by atoms with Gasteiger partial charge in [0, 0.05) is 12.8 Å². The van der Waals surface area contributed by atoms with Crippen LogP contribution < -0.4 is 0 Å². The molecule has 1 atom stereocenters. The normalized spacial score (nSPS) is 12.8. The van der Waals surface area contributed by atoms with Gasteiger partial charge >= 0.3 is 11.9 Å². The first kappa shape index (κ1) is 49.6. The smallest absolute Gasteiger partial charge is 0.306 e. The monoisotopic (exact) mass is 727 g/mol. The first-order valence-electron chi connectivity index (χ1n) is 21.8. The van der Waals surface area contributed by atoms with Crippen molar-refractivity contribution in [2.75, 3.05) is 13.2 Å². The van der Waals surface area contributed by atoms with Gasteiger partial charge in [0.05, 0.1) is 6.61 Å². The summed E-state index contributed by atoms with van der Waals surface area (Å²) in [5.74, 6) is -0.656. The zero-order valence-electron chi connectivity index (χ0n) is 34.1. The molecule has 0 aliphatic heterocycles. The molecular formula is C47H82O5. The van der Waals surface area contributed by atoms with E-state index >= 15 is 0 Å². The number of ether oxygens (including phenoxy) is 2. The van der Waals surface area contributed by atoms with E-state index in [0.717, 1.165) is 44.9 Å². The highest BCUT2D eigenvalue weighted by atomic mass is 16.6. The molecular weight excluding hydrogens is 645 g/mol. The van der Waals surface area contributed by atoms with Crippen molar-refractivity contribution >= 4 is 11.9 Å². The van der Waals surface area contributed by atoms with Gasteiger partial charge in [0.25, 0.3) is 0 Å². The lowest BCUT2D eigenvalue weighted by Gasteiger charge is -2.15. The van der Waals surface area contributed by atoms with Gasteiger partial charge in [0.2, 0.25) is 0 Å². The molecule has 300 valence electrons. The Morgan fingerprint density at radius 3 is 1.27 bits per heavy atom. The van der Waals surface area contributed by atoms with Crippen LogP contribution in [0.2, 0.25) is 0 Å². The predicted octanol–water partition coefficient (Wildman–Crippen LogP) is 14.0. The Bertz CT molecular complexity index is 915. The largest absolute Gasteiger partial charge is 0.462 e. The minimum atomic E-state index is -0.801. The van der Waals surface area contributed by atoms with E-state index in [1.807, 2.05) is 0 Å². The molecule has 0 amide bonds. The van der Waals surface area contributed by atoms with Crippen molar-refractivity contribution in [1.29, 1.82) is 0 Å². The van der Waals surface area contributed by atoms with Crippen LogP contribution in [0.5, 0.6) is 0 Å². The number of unbranched alkanes of at least 4 members (excludes halogenated alkanes) is 21. The summed E-state index contributed by atoms with van der Waals surface area (Å²) < 4.78 is 10.6. The average molecular weight is 727 g/mol. The van der Waals surface area contributed by atoms with Crippen LogP contribution in [-0.2, 0) is 19.1 Å². The lowest BCUT2D eigenvalue weighted by atomic mass is 10.0. The summed E-state index contributed by atoms with van der Waals surface area (Å²) >= 11 is 0. The maximum Gasteiger partial charge on any atom is 0.306 e. The van der Waals surface area contributed by atoms with E-state index in [1.165, 1.54) is 128 Å². The molecule has 1 N–H and O–H groups in total. The lowest BCUT2D eigenvalue weighted by molar-refractivity contribution is -0.161. The molecule has 0 saturated carbocycles. The molecule has 0 aliphatic rings. The molecule has 0 heterocycles. The fourth-order valence-corrected chi connectivity index (χ4v) is 5.95. The van der Waals surface area contributed by atoms with Crippen molar-refractivity contribution in [3.05, 3.63) is 60.8 Å². The van der Waals surface area contributed by atoms with Gasteiger partial charge in [-0.1, -0.05) is 177 Å². The van der Waals surface area contributed by atoms with Crippen molar-refractivity contribution in [2.45, 2.75) is 213 Å². The number of hydrogen-bond donors (Lipinski definition) is 1. The van der Waals surface area contributed by atoms with Crippen LogP contribution >= 0.6 is 0 Å². The summed E-state index contributed by atoms with van der Waals surface area (Å²) in [6, 6.07) is 0. The third kappa shape index (κ3) is 40.4. The summed E-state index contributed by atoms with van der Waals surface area (Å²) in [5.41, 5.74) is 0. The molecule has 0 rings (SSSR count). The molecule has 0 aromatic carbocycles. The number of carbonyl (C=O) groups excluding carboxylic acids is 2. The number of aliphatic hydroxyl groups is 1. The van der Waals surface area contributed by atoms with Crippen molar-refractivity contribution < 1.29 is 24.2 Å². The fourth-order valence-electron chi connectivity index (χ4n) is 5.95. The topological polar surface area (TPSA) is 72.8 Å². The Hall–Kier alpha value is -2.40.